The van der Waals surface area contributed by atoms with Gasteiger partial charge in [0.05, 0.1) is 37.4 Å². The number of urea groups is 1. The van der Waals surface area contributed by atoms with E-state index in [0.717, 1.165) is 35.1 Å². The van der Waals surface area contributed by atoms with Crippen molar-refractivity contribution >= 4 is 11.9 Å². The Kier molecular flexibility index (Phi) is 9.58. The molecule has 9 nitrogen and oxygen atoms in total. The second-order valence-corrected chi connectivity index (χ2v) is 11.7. The molecule has 2 aliphatic rings. The highest BCUT2D eigenvalue weighted by Crippen LogP contribution is 2.27. The molecule has 4 unspecified atom stereocenters. The van der Waals surface area contributed by atoms with Gasteiger partial charge < -0.3 is 30.0 Å². The Morgan fingerprint density at radius 2 is 1.62 bits per heavy atom. The van der Waals surface area contributed by atoms with Gasteiger partial charge >= 0.3 is 6.03 Å². The molecule has 3 N–H and O–H groups in total. The summed E-state index contributed by atoms with van der Waals surface area (Å²) < 4.78 is 54.3. The zero-order valence-corrected chi connectivity index (χ0v) is 25.3. The molecular formula is C35H33F3N4O5. The van der Waals surface area contributed by atoms with Crippen LogP contribution in [0.3, 0.4) is 0 Å². The van der Waals surface area contributed by atoms with Gasteiger partial charge in [-0.15, -0.1) is 0 Å². The van der Waals surface area contributed by atoms with Crippen LogP contribution in [0.15, 0.2) is 89.9 Å². The van der Waals surface area contributed by atoms with E-state index in [1.54, 1.807) is 12.1 Å². The van der Waals surface area contributed by atoms with Gasteiger partial charge in [0.2, 0.25) is 0 Å². The highest BCUT2D eigenvalue weighted by Gasteiger charge is 2.37. The van der Waals surface area contributed by atoms with Gasteiger partial charge in [-0.2, -0.15) is 0 Å². The number of pyridine rings is 1. The number of carbonyl (C=O) groups is 2. The van der Waals surface area contributed by atoms with Crippen LogP contribution in [0.5, 0.6) is 5.75 Å². The molecule has 3 amide bonds. The first-order valence-electron chi connectivity index (χ1n) is 15.3. The van der Waals surface area contributed by atoms with Crippen LogP contribution >= 0.6 is 0 Å². The Morgan fingerprint density at radius 1 is 0.894 bits per heavy atom. The van der Waals surface area contributed by atoms with Gasteiger partial charge in [-0.05, 0) is 72.4 Å². The first kappa shape index (κ1) is 31.9. The zero-order chi connectivity index (χ0) is 32.9. The van der Waals surface area contributed by atoms with Crippen LogP contribution in [0.25, 0.3) is 0 Å². The first-order chi connectivity index (χ1) is 22.7. The molecule has 4 aromatic rings. The molecule has 0 radical (unpaired) electrons. The van der Waals surface area contributed by atoms with E-state index in [4.69, 9.17) is 9.47 Å². The highest BCUT2D eigenvalue weighted by molar-refractivity contribution is 5.94. The molecule has 12 heteroatoms. The van der Waals surface area contributed by atoms with Crippen LogP contribution in [-0.2, 0) is 17.9 Å². The van der Waals surface area contributed by atoms with E-state index in [0.29, 0.717) is 24.3 Å². The normalized spacial score (nSPS) is 19.3. The lowest BCUT2D eigenvalue weighted by Gasteiger charge is -2.31. The molecule has 2 fully saturated rings. The Labute approximate surface area is 268 Å². The molecule has 244 valence electrons. The van der Waals surface area contributed by atoms with Gasteiger partial charge in [-0.25, -0.2) is 18.0 Å². The standard InChI is InChI=1S/C35H33F3N4O5/c36-27-15-22(16-28(37)32(27)38)18-42-14-4-7-26(34(42)44)33(43)39-31(20-47-25-12-13-29-30(17-25)41-35(45)40-29)23-8-10-24(11-9-23)46-19-21-5-2-1-3-6-21/h1-11,14-16,25,29-31H,12-13,17-20H2,(H,39,43)(H2,40,41,45). The lowest BCUT2D eigenvalue weighted by Crippen LogP contribution is -2.43. The van der Waals surface area contributed by atoms with Gasteiger partial charge in [-0.3, -0.25) is 9.59 Å². The first-order valence-corrected chi connectivity index (χ1v) is 15.3. The van der Waals surface area contributed by atoms with E-state index in [2.05, 4.69) is 16.0 Å². The fourth-order valence-corrected chi connectivity index (χ4v) is 5.95. The largest absolute Gasteiger partial charge is 0.489 e. The molecule has 3 aromatic carbocycles. The summed E-state index contributed by atoms with van der Waals surface area (Å²) >= 11 is 0. The maximum absolute atomic E-state index is 13.8. The molecule has 0 bridgehead atoms. The molecule has 1 saturated carbocycles. The molecule has 6 rings (SSSR count). The van der Waals surface area contributed by atoms with Gasteiger partial charge in [0, 0.05) is 6.20 Å². The number of carbonyl (C=O) groups excluding carboxylic acids is 2. The average molecular weight is 647 g/mol. The fraction of sp³-hybridized carbons (Fsp3) is 0.286. The molecule has 4 atom stereocenters. The molecule has 2 heterocycles. The van der Waals surface area contributed by atoms with E-state index in [1.165, 1.54) is 18.3 Å². The minimum atomic E-state index is -1.60. The van der Waals surface area contributed by atoms with Gasteiger partial charge in [-0.1, -0.05) is 42.5 Å². The molecule has 1 aromatic heterocycles. The lowest BCUT2D eigenvalue weighted by atomic mass is 9.89. The van der Waals surface area contributed by atoms with Crippen molar-refractivity contribution in [1.82, 2.24) is 20.5 Å². The van der Waals surface area contributed by atoms with E-state index in [9.17, 15) is 27.6 Å². The monoisotopic (exact) mass is 646 g/mol. The summed E-state index contributed by atoms with van der Waals surface area (Å²) in [6.45, 7) is 0.199. The predicted molar refractivity (Wildman–Crippen MR) is 166 cm³/mol. The third kappa shape index (κ3) is 7.66. The van der Waals surface area contributed by atoms with Crippen molar-refractivity contribution in [2.45, 2.75) is 56.6 Å². The number of aromatic nitrogens is 1. The number of hydrogen-bond acceptors (Lipinski definition) is 5. The fourth-order valence-electron chi connectivity index (χ4n) is 5.95. The average Bonchev–Trinajstić information content (AvgIpc) is 3.45. The van der Waals surface area contributed by atoms with E-state index in [-0.39, 0.29) is 48.5 Å². The molecule has 1 aliphatic heterocycles. The number of ether oxygens (including phenoxy) is 2. The summed E-state index contributed by atoms with van der Waals surface area (Å²) in [7, 11) is 0. The number of rotatable bonds is 11. The maximum atomic E-state index is 13.8. The van der Waals surface area contributed by atoms with Crippen LogP contribution in [0.2, 0.25) is 0 Å². The van der Waals surface area contributed by atoms with Gasteiger partial charge in [0.25, 0.3) is 11.5 Å². The Hall–Kier alpha value is -5.10. The molecule has 1 saturated heterocycles. The van der Waals surface area contributed by atoms with E-state index >= 15 is 0 Å². The number of nitrogens with zero attached hydrogens (tertiary/aromatic N) is 1. The molecule has 0 spiro atoms. The Bertz CT molecular complexity index is 1780. The maximum Gasteiger partial charge on any atom is 0.315 e. The third-order valence-corrected chi connectivity index (χ3v) is 8.43. The topological polar surface area (TPSA) is 111 Å². The van der Waals surface area contributed by atoms with E-state index < -0.39 is 35.0 Å². The number of amides is 3. The minimum Gasteiger partial charge on any atom is -0.489 e. The van der Waals surface area contributed by atoms with Gasteiger partial charge in [0.1, 0.15) is 17.9 Å². The molecule has 1 aliphatic carbocycles. The predicted octanol–water partition coefficient (Wildman–Crippen LogP) is 4.98. The summed E-state index contributed by atoms with van der Waals surface area (Å²) in [4.78, 5) is 38.6. The summed E-state index contributed by atoms with van der Waals surface area (Å²) in [6, 6.07) is 20.5. The Balaban J connectivity index is 1.18. The summed E-state index contributed by atoms with van der Waals surface area (Å²) in [5.41, 5.74) is 0.862. The second-order valence-electron chi connectivity index (χ2n) is 11.7. The Morgan fingerprint density at radius 3 is 2.36 bits per heavy atom. The number of hydrogen-bond donors (Lipinski definition) is 3. The lowest BCUT2D eigenvalue weighted by molar-refractivity contribution is 0.00700. The van der Waals surface area contributed by atoms with Crippen molar-refractivity contribution in [2.24, 2.45) is 0 Å². The third-order valence-electron chi connectivity index (χ3n) is 8.43. The minimum absolute atomic E-state index is 0.0188. The van der Waals surface area contributed by atoms with Crippen molar-refractivity contribution in [3.05, 3.63) is 135 Å². The highest BCUT2D eigenvalue weighted by atomic mass is 19.2. The number of benzene rings is 3. The molecular weight excluding hydrogens is 613 g/mol. The molecule has 47 heavy (non-hydrogen) atoms. The van der Waals surface area contributed by atoms with E-state index in [1.807, 2.05) is 42.5 Å². The van der Waals surface area contributed by atoms with Crippen LogP contribution in [-0.4, -0.2) is 41.3 Å². The van der Waals surface area contributed by atoms with Crippen LogP contribution < -0.4 is 26.2 Å². The number of fused-ring (bicyclic) bond motifs is 1. The zero-order valence-electron chi connectivity index (χ0n) is 25.3. The van der Waals surface area contributed by atoms with Crippen molar-refractivity contribution in [3.63, 3.8) is 0 Å². The van der Waals surface area contributed by atoms with Crippen molar-refractivity contribution in [1.29, 1.82) is 0 Å². The van der Waals surface area contributed by atoms with Crippen molar-refractivity contribution < 1.29 is 32.2 Å². The number of halogens is 3. The van der Waals surface area contributed by atoms with Crippen molar-refractivity contribution in [2.75, 3.05) is 6.61 Å². The van der Waals surface area contributed by atoms with Crippen LogP contribution in [0, 0.1) is 17.5 Å². The smallest absolute Gasteiger partial charge is 0.315 e. The van der Waals surface area contributed by atoms with Gasteiger partial charge in [0.15, 0.2) is 17.5 Å². The summed E-state index contributed by atoms with van der Waals surface area (Å²) in [5.74, 6) is -4.39. The van der Waals surface area contributed by atoms with Crippen LogP contribution in [0.4, 0.5) is 18.0 Å². The quantitative estimate of drug-likeness (QED) is 0.199. The summed E-state index contributed by atoms with van der Waals surface area (Å²) in [5, 5.41) is 8.73. The number of nitrogens with one attached hydrogen (secondary N) is 3. The summed E-state index contributed by atoms with van der Waals surface area (Å²) in [6.07, 6.45) is 3.31. The second kappa shape index (κ2) is 14.1. The SMILES string of the molecule is O=C1NC2CCC(OCC(NC(=O)c3cccn(Cc4cc(F)c(F)c(F)c4)c3=O)c3ccc(OCc4ccccc4)cc3)CC2N1. The van der Waals surface area contributed by atoms with Crippen molar-refractivity contribution in [3.8, 4) is 5.75 Å². The van der Waals surface area contributed by atoms with Crippen LogP contribution in [0.1, 0.15) is 52.4 Å².